The third kappa shape index (κ3) is 2.93. The molecule has 16 heavy (non-hydrogen) atoms. The van der Waals surface area contributed by atoms with Crippen molar-refractivity contribution in [3.63, 3.8) is 0 Å². The standard InChI is InChI=1S/C12H16N2OS/c1-2-13-6-3-4-12-14-8-11(15-12)10-5-7-16-9-10/h5,7-9,13H,2-4,6H2,1H3. The monoisotopic (exact) mass is 236 g/mol. The molecule has 2 aromatic heterocycles. The fourth-order valence-electron chi connectivity index (χ4n) is 1.51. The van der Waals surface area contributed by atoms with Crippen molar-refractivity contribution < 1.29 is 4.42 Å². The second kappa shape index (κ2) is 5.82. The van der Waals surface area contributed by atoms with Crippen molar-refractivity contribution in [3.05, 3.63) is 28.9 Å². The summed E-state index contributed by atoms with van der Waals surface area (Å²) in [5.74, 6) is 1.71. The maximum atomic E-state index is 5.68. The van der Waals surface area contributed by atoms with E-state index in [1.54, 1.807) is 11.3 Å². The zero-order valence-electron chi connectivity index (χ0n) is 9.40. The average Bonchev–Trinajstić information content (AvgIpc) is 2.94. The van der Waals surface area contributed by atoms with Crippen LogP contribution < -0.4 is 5.32 Å². The van der Waals surface area contributed by atoms with Crippen molar-refractivity contribution >= 4 is 11.3 Å². The minimum atomic E-state index is 0.833. The van der Waals surface area contributed by atoms with Gasteiger partial charge in [0.1, 0.15) is 0 Å². The SMILES string of the molecule is CCNCCCc1ncc(-c2ccsc2)o1. The lowest BCUT2D eigenvalue weighted by atomic mass is 10.3. The average molecular weight is 236 g/mol. The quantitative estimate of drug-likeness (QED) is 0.784. The summed E-state index contributed by atoms with van der Waals surface area (Å²) in [6, 6.07) is 2.05. The molecule has 2 heterocycles. The van der Waals surface area contributed by atoms with Crippen LogP contribution in [0.1, 0.15) is 19.2 Å². The molecule has 0 atom stereocenters. The second-order valence-corrected chi connectivity index (χ2v) is 4.37. The fourth-order valence-corrected chi connectivity index (χ4v) is 2.15. The second-order valence-electron chi connectivity index (χ2n) is 3.59. The molecule has 0 aliphatic heterocycles. The van der Waals surface area contributed by atoms with Gasteiger partial charge >= 0.3 is 0 Å². The molecule has 0 saturated heterocycles. The maximum absolute atomic E-state index is 5.68. The molecule has 3 nitrogen and oxygen atoms in total. The van der Waals surface area contributed by atoms with Crippen molar-refractivity contribution in [2.75, 3.05) is 13.1 Å². The van der Waals surface area contributed by atoms with Crippen LogP contribution in [0.3, 0.4) is 0 Å². The molecule has 0 aliphatic carbocycles. The highest BCUT2D eigenvalue weighted by Gasteiger charge is 2.05. The third-order valence-corrected chi connectivity index (χ3v) is 3.04. The zero-order valence-corrected chi connectivity index (χ0v) is 10.2. The van der Waals surface area contributed by atoms with Crippen LogP contribution in [0.15, 0.2) is 27.4 Å². The molecule has 0 fully saturated rings. The van der Waals surface area contributed by atoms with Gasteiger partial charge < -0.3 is 9.73 Å². The van der Waals surface area contributed by atoms with Gasteiger partial charge in [0.25, 0.3) is 0 Å². The van der Waals surface area contributed by atoms with Gasteiger partial charge in [-0.1, -0.05) is 6.92 Å². The summed E-state index contributed by atoms with van der Waals surface area (Å²) >= 11 is 1.67. The summed E-state index contributed by atoms with van der Waals surface area (Å²) in [6.07, 6.45) is 3.78. The van der Waals surface area contributed by atoms with Gasteiger partial charge in [0, 0.05) is 17.4 Å². The first-order chi connectivity index (χ1) is 7.90. The summed E-state index contributed by atoms with van der Waals surface area (Å²) in [6.45, 7) is 4.15. The highest BCUT2D eigenvalue weighted by atomic mass is 32.1. The van der Waals surface area contributed by atoms with Crippen LogP contribution in [0.25, 0.3) is 11.3 Å². The van der Waals surface area contributed by atoms with Crippen molar-refractivity contribution in [3.8, 4) is 11.3 Å². The Kier molecular flexibility index (Phi) is 4.13. The fraction of sp³-hybridized carbons (Fsp3) is 0.417. The predicted molar refractivity (Wildman–Crippen MR) is 66.7 cm³/mol. The summed E-state index contributed by atoms with van der Waals surface area (Å²) < 4.78 is 5.68. The first kappa shape index (κ1) is 11.4. The number of nitrogens with zero attached hydrogens (tertiary/aromatic N) is 1. The van der Waals surface area contributed by atoms with Gasteiger partial charge in [-0.25, -0.2) is 4.98 Å². The molecule has 86 valence electrons. The molecule has 4 heteroatoms. The molecule has 0 unspecified atom stereocenters. The van der Waals surface area contributed by atoms with Gasteiger partial charge in [0.2, 0.25) is 0 Å². The first-order valence-electron chi connectivity index (χ1n) is 5.58. The molecule has 0 bridgehead atoms. The van der Waals surface area contributed by atoms with Crippen molar-refractivity contribution in [1.29, 1.82) is 0 Å². The van der Waals surface area contributed by atoms with E-state index in [1.807, 2.05) is 17.6 Å². The van der Waals surface area contributed by atoms with Crippen molar-refractivity contribution in [2.45, 2.75) is 19.8 Å². The van der Waals surface area contributed by atoms with Crippen molar-refractivity contribution in [2.24, 2.45) is 0 Å². The Hall–Kier alpha value is -1.13. The Labute approximate surface area is 99.5 Å². The third-order valence-electron chi connectivity index (χ3n) is 2.35. The molecule has 0 saturated carbocycles. The number of thiophene rings is 1. The Morgan fingerprint density at radius 3 is 3.19 bits per heavy atom. The number of oxazole rings is 1. The van der Waals surface area contributed by atoms with E-state index in [2.05, 4.69) is 22.6 Å². The van der Waals surface area contributed by atoms with E-state index in [-0.39, 0.29) is 0 Å². The Balaban J connectivity index is 1.88. The molecule has 0 aliphatic rings. The van der Waals surface area contributed by atoms with Crippen LogP contribution >= 0.6 is 11.3 Å². The highest BCUT2D eigenvalue weighted by Crippen LogP contribution is 2.22. The Bertz CT molecular complexity index is 408. The van der Waals surface area contributed by atoms with E-state index >= 15 is 0 Å². The van der Waals surface area contributed by atoms with Gasteiger partial charge in [0.15, 0.2) is 11.7 Å². The topological polar surface area (TPSA) is 38.1 Å². The van der Waals surface area contributed by atoms with Crippen LogP contribution in [0, 0.1) is 0 Å². The Morgan fingerprint density at radius 1 is 1.50 bits per heavy atom. The van der Waals surface area contributed by atoms with Gasteiger partial charge in [-0.3, -0.25) is 0 Å². The van der Waals surface area contributed by atoms with E-state index in [9.17, 15) is 0 Å². The van der Waals surface area contributed by atoms with Crippen LogP contribution in [0.4, 0.5) is 0 Å². The molecular formula is C12H16N2OS. The summed E-state index contributed by atoms with van der Waals surface area (Å²) in [5, 5.41) is 7.40. The van der Waals surface area contributed by atoms with Crippen molar-refractivity contribution in [1.82, 2.24) is 10.3 Å². The van der Waals surface area contributed by atoms with Crippen LogP contribution in [-0.2, 0) is 6.42 Å². The predicted octanol–water partition coefficient (Wildman–Crippen LogP) is 2.95. The van der Waals surface area contributed by atoms with Crippen LogP contribution in [0.5, 0.6) is 0 Å². The highest BCUT2D eigenvalue weighted by molar-refractivity contribution is 7.08. The maximum Gasteiger partial charge on any atom is 0.194 e. The van der Waals surface area contributed by atoms with Gasteiger partial charge in [0.05, 0.1) is 6.20 Å². The lowest BCUT2D eigenvalue weighted by Crippen LogP contribution is -2.14. The molecular weight excluding hydrogens is 220 g/mol. The number of nitrogens with one attached hydrogen (secondary N) is 1. The molecule has 2 rings (SSSR count). The van der Waals surface area contributed by atoms with Crippen LogP contribution in [0.2, 0.25) is 0 Å². The lowest BCUT2D eigenvalue weighted by Gasteiger charge is -1.98. The molecule has 0 spiro atoms. The van der Waals surface area contributed by atoms with Gasteiger partial charge in [-0.15, -0.1) is 0 Å². The minimum Gasteiger partial charge on any atom is -0.441 e. The number of rotatable bonds is 6. The van der Waals surface area contributed by atoms with E-state index in [0.29, 0.717) is 0 Å². The van der Waals surface area contributed by atoms with E-state index in [4.69, 9.17) is 4.42 Å². The van der Waals surface area contributed by atoms with E-state index in [0.717, 1.165) is 43.1 Å². The molecule has 0 amide bonds. The molecule has 2 aromatic rings. The number of hydrogen-bond acceptors (Lipinski definition) is 4. The molecule has 0 radical (unpaired) electrons. The smallest absolute Gasteiger partial charge is 0.194 e. The number of hydrogen-bond donors (Lipinski definition) is 1. The number of aryl methyl sites for hydroxylation is 1. The van der Waals surface area contributed by atoms with E-state index in [1.165, 1.54) is 0 Å². The minimum absolute atomic E-state index is 0.833. The summed E-state index contributed by atoms with van der Waals surface area (Å²) in [5.41, 5.74) is 1.12. The lowest BCUT2D eigenvalue weighted by molar-refractivity contribution is 0.493. The molecule has 1 N–H and O–H groups in total. The normalized spacial score (nSPS) is 10.8. The summed E-state index contributed by atoms with van der Waals surface area (Å²) in [4.78, 5) is 4.28. The summed E-state index contributed by atoms with van der Waals surface area (Å²) in [7, 11) is 0. The van der Waals surface area contributed by atoms with Crippen LogP contribution in [-0.4, -0.2) is 18.1 Å². The zero-order chi connectivity index (χ0) is 11.2. The number of aromatic nitrogens is 1. The van der Waals surface area contributed by atoms with Gasteiger partial charge in [-0.05, 0) is 31.0 Å². The largest absolute Gasteiger partial charge is 0.441 e. The molecule has 0 aromatic carbocycles. The Morgan fingerprint density at radius 2 is 2.44 bits per heavy atom. The first-order valence-corrected chi connectivity index (χ1v) is 6.52. The van der Waals surface area contributed by atoms with E-state index < -0.39 is 0 Å². The van der Waals surface area contributed by atoms with Gasteiger partial charge in [-0.2, -0.15) is 11.3 Å².